The summed E-state index contributed by atoms with van der Waals surface area (Å²) in [7, 11) is 1.65. The second-order valence-corrected chi connectivity index (χ2v) is 8.09. The molecule has 0 fully saturated rings. The summed E-state index contributed by atoms with van der Waals surface area (Å²) in [5.41, 5.74) is 13.4. The topological polar surface area (TPSA) is 70.4 Å². The lowest BCUT2D eigenvalue weighted by Gasteiger charge is -2.09. The second-order valence-electron chi connectivity index (χ2n) is 7.17. The summed E-state index contributed by atoms with van der Waals surface area (Å²) in [5.74, 6) is 1.36. The van der Waals surface area contributed by atoms with Gasteiger partial charge in [-0.05, 0) is 55.1 Å². The van der Waals surface area contributed by atoms with Gasteiger partial charge in [0.15, 0.2) is 5.65 Å². The maximum Gasteiger partial charge on any atom is 0.157 e. The number of thiophene rings is 1. The van der Waals surface area contributed by atoms with Gasteiger partial charge >= 0.3 is 0 Å². The van der Waals surface area contributed by atoms with Crippen molar-refractivity contribution in [3.05, 3.63) is 71.5 Å². The first kappa shape index (κ1) is 18.4. The fourth-order valence-corrected chi connectivity index (χ4v) is 4.61. The van der Waals surface area contributed by atoms with Crippen LogP contribution in [0.5, 0.6) is 5.75 Å². The number of hydrogen-bond donors (Lipinski definition) is 1. The maximum absolute atomic E-state index is 6.50. The normalized spacial score (nSPS) is 11.3. The van der Waals surface area contributed by atoms with Crippen molar-refractivity contribution in [3.63, 3.8) is 0 Å². The molecular formula is C23H21N5OS. The molecule has 4 heterocycles. The van der Waals surface area contributed by atoms with E-state index in [4.69, 9.17) is 15.6 Å². The molecule has 4 aromatic heterocycles. The first-order chi connectivity index (χ1) is 14.6. The number of rotatable bonds is 4. The van der Waals surface area contributed by atoms with Crippen LogP contribution in [0.25, 0.3) is 33.0 Å². The highest BCUT2D eigenvalue weighted by Gasteiger charge is 2.17. The number of benzene rings is 1. The second kappa shape index (κ2) is 7.03. The van der Waals surface area contributed by atoms with E-state index in [1.54, 1.807) is 29.2 Å². The van der Waals surface area contributed by atoms with Gasteiger partial charge in [-0.15, -0.1) is 11.3 Å². The van der Waals surface area contributed by atoms with Crippen LogP contribution in [0.1, 0.15) is 11.4 Å². The number of hydrogen-bond acceptors (Lipinski definition) is 5. The molecule has 0 spiro atoms. The Bertz CT molecular complexity index is 1340. The third-order valence-electron chi connectivity index (χ3n) is 5.31. The van der Waals surface area contributed by atoms with E-state index in [2.05, 4.69) is 47.0 Å². The van der Waals surface area contributed by atoms with Crippen molar-refractivity contribution >= 4 is 22.8 Å². The fraction of sp³-hybridized carbons (Fsp3) is 0.130. The zero-order valence-corrected chi connectivity index (χ0v) is 17.8. The van der Waals surface area contributed by atoms with Crippen LogP contribution >= 0.6 is 11.3 Å². The monoisotopic (exact) mass is 415 g/mol. The smallest absolute Gasteiger partial charge is 0.157 e. The molecule has 150 valence electrons. The molecule has 2 N–H and O–H groups in total. The maximum atomic E-state index is 6.50. The van der Waals surface area contributed by atoms with Crippen molar-refractivity contribution in [3.8, 4) is 33.1 Å². The zero-order chi connectivity index (χ0) is 20.8. The molecule has 0 bridgehead atoms. The number of anilines is 1. The average Bonchev–Trinajstić information content (AvgIpc) is 3.47. The lowest BCUT2D eigenvalue weighted by Crippen LogP contribution is -2.03. The van der Waals surface area contributed by atoms with E-state index in [1.807, 2.05) is 30.3 Å². The summed E-state index contributed by atoms with van der Waals surface area (Å²) >= 11 is 1.66. The van der Waals surface area contributed by atoms with Crippen LogP contribution in [0.15, 0.2) is 60.1 Å². The van der Waals surface area contributed by atoms with Crippen LogP contribution in [0.2, 0.25) is 0 Å². The zero-order valence-electron chi connectivity index (χ0n) is 17.0. The molecular weight excluding hydrogens is 394 g/mol. The Labute approximate surface area is 178 Å². The number of nitrogens with two attached hydrogens (primary N) is 1. The number of aromatic nitrogens is 4. The first-order valence-corrected chi connectivity index (χ1v) is 10.5. The quantitative estimate of drug-likeness (QED) is 0.442. The Morgan fingerprint density at radius 1 is 1.00 bits per heavy atom. The average molecular weight is 416 g/mol. The van der Waals surface area contributed by atoms with Gasteiger partial charge in [-0.1, -0.05) is 12.1 Å². The highest BCUT2D eigenvalue weighted by Crippen LogP contribution is 2.35. The predicted octanol–water partition coefficient (Wildman–Crippen LogP) is 5.12. The van der Waals surface area contributed by atoms with Gasteiger partial charge in [0.05, 0.1) is 17.7 Å². The minimum absolute atomic E-state index is 0.558. The fourth-order valence-electron chi connectivity index (χ4n) is 3.77. The summed E-state index contributed by atoms with van der Waals surface area (Å²) < 4.78 is 9.20. The van der Waals surface area contributed by atoms with Gasteiger partial charge in [-0.2, -0.15) is 9.61 Å². The molecule has 0 unspecified atom stereocenters. The van der Waals surface area contributed by atoms with E-state index in [-0.39, 0.29) is 0 Å². The molecule has 0 saturated carbocycles. The Balaban J connectivity index is 1.62. The highest BCUT2D eigenvalue weighted by atomic mass is 32.1. The van der Waals surface area contributed by atoms with Crippen LogP contribution in [0, 0.1) is 13.8 Å². The number of nitrogens with zero attached hydrogens (tertiary/aromatic N) is 4. The van der Waals surface area contributed by atoms with Crippen LogP contribution in [-0.2, 0) is 0 Å². The van der Waals surface area contributed by atoms with Crippen molar-refractivity contribution in [2.45, 2.75) is 13.8 Å². The van der Waals surface area contributed by atoms with E-state index >= 15 is 0 Å². The van der Waals surface area contributed by atoms with Gasteiger partial charge in [0, 0.05) is 29.2 Å². The van der Waals surface area contributed by atoms with Crippen molar-refractivity contribution in [2.24, 2.45) is 0 Å². The van der Waals surface area contributed by atoms with Gasteiger partial charge in [0.2, 0.25) is 0 Å². The molecule has 6 nitrogen and oxygen atoms in total. The molecule has 0 saturated heterocycles. The van der Waals surface area contributed by atoms with Crippen LogP contribution in [-0.4, -0.2) is 26.3 Å². The van der Waals surface area contributed by atoms with Crippen molar-refractivity contribution in [2.75, 3.05) is 12.8 Å². The molecule has 5 aromatic rings. The number of methoxy groups -OCH3 is 1. The van der Waals surface area contributed by atoms with Gasteiger partial charge in [-0.25, -0.2) is 4.98 Å². The van der Waals surface area contributed by atoms with E-state index < -0.39 is 0 Å². The van der Waals surface area contributed by atoms with Gasteiger partial charge in [0.25, 0.3) is 0 Å². The minimum atomic E-state index is 0.558. The lowest BCUT2D eigenvalue weighted by atomic mass is 10.1. The molecule has 0 atom stereocenters. The molecule has 1 aromatic carbocycles. The van der Waals surface area contributed by atoms with Crippen LogP contribution in [0.3, 0.4) is 0 Å². The van der Waals surface area contributed by atoms with Gasteiger partial charge in [-0.3, -0.25) is 0 Å². The van der Waals surface area contributed by atoms with Crippen LogP contribution < -0.4 is 10.5 Å². The predicted molar refractivity (Wildman–Crippen MR) is 122 cm³/mol. The Kier molecular flexibility index (Phi) is 4.33. The van der Waals surface area contributed by atoms with E-state index in [1.165, 1.54) is 11.4 Å². The Hall–Kier alpha value is -3.58. The standard InChI is InChI=1S/C23H21N5OS/c1-14-4-5-15(2)27(14)20-10-11-30-22(20)19-12-21-25-13-18(23(24)28(21)26-19)16-6-8-17(29-3)9-7-16/h4-13H,24H2,1-3H3. The van der Waals surface area contributed by atoms with E-state index in [0.717, 1.165) is 38.8 Å². The van der Waals surface area contributed by atoms with Crippen LogP contribution in [0.4, 0.5) is 5.82 Å². The molecule has 7 heteroatoms. The molecule has 0 aliphatic heterocycles. The van der Waals surface area contributed by atoms with E-state index in [9.17, 15) is 0 Å². The summed E-state index contributed by atoms with van der Waals surface area (Å²) in [6, 6.07) is 16.1. The molecule has 5 rings (SSSR count). The molecule has 30 heavy (non-hydrogen) atoms. The first-order valence-electron chi connectivity index (χ1n) is 9.58. The minimum Gasteiger partial charge on any atom is -0.497 e. The van der Waals surface area contributed by atoms with Crippen molar-refractivity contribution < 1.29 is 4.74 Å². The number of ether oxygens (including phenoxy) is 1. The van der Waals surface area contributed by atoms with Gasteiger partial charge < -0.3 is 15.0 Å². The summed E-state index contributed by atoms with van der Waals surface area (Å²) in [6.07, 6.45) is 1.80. The van der Waals surface area contributed by atoms with Crippen molar-refractivity contribution in [1.82, 2.24) is 19.2 Å². The molecule has 0 radical (unpaired) electrons. The number of aryl methyl sites for hydroxylation is 2. The van der Waals surface area contributed by atoms with Crippen molar-refractivity contribution in [1.29, 1.82) is 0 Å². The largest absolute Gasteiger partial charge is 0.497 e. The summed E-state index contributed by atoms with van der Waals surface area (Å²) in [5, 5.41) is 6.90. The molecule has 0 aliphatic carbocycles. The Morgan fingerprint density at radius 2 is 1.73 bits per heavy atom. The number of nitrogen functional groups attached to an aromatic ring is 1. The Morgan fingerprint density at radius 3 is 2.43 bits per heavy atom. The summed E-state index contributed by atoms with van der Waals surface area (Å²) in [4.78, 5) is 5.70. The van der Waals surface area contributed by atoms with Gasteiger partial charge in [0.1, 0.15) is 17.3 Å². The number of fused-ring (bicyclic) bond motifs is 1. The SMILES string of the molecule is COc1ccc(-c2cnc3cc(-c4sccc4-n4c(C)ccc4C)nn3c2N)cc1. The lowest BCUT2D eigenvalue weighted by molar-refractivity contribution is 0.415. The third-order valence-corrected chi connectivity index (χ3v) is 6.24. The summed E-state index contributed by atoms with van der Waals surface area (Å²) in [6.45, 7) is 4.22. The van der Waals surface area contributed by atoms with E-state index in [0.29, 0.717) is 5.82 Å². The third kappa shape index (κ3) is 2.86. The highest BCUT2D eigenvalue weighted by molar-refractivity contribution is 7.14. The molecule has 0 amide bonds. The molecule has 0 aliphatic rings.